The third-order valence-corrected chi connectivity index (χ3v) is 8.93. The van der Waals surface area contributed by atoms with Gasteiger partial charge >= 0.3 is 11.7 Å². The van der Waals surface area contributed by atoms with Crippen LogP contribution in [0.4, 0.5) is 5.82 Å². The number of aromatic nitrogens is 2. The van der Waals surface area contributed by atoms with Crippen LogP contribution in [0.25, 0.3) is 0 Å². The summed E-state index contributed by atoms with van der Waals surface area (Å²) in [4.78, 5) is 30.0. The lowest BCUT2D eigenvalue weighted by Crippen LogP contribution is -2.44. The molecule has 1 fully saturated rings. The Bertz CT molecular complexity index is 1490. The number of carbonyl (C=O) groups excluding carboxylic acids is 1. The zero-order chi connectivity index (χ0) is 32.6. The Kier molecular flexibility index (Phi) is 11.2. The van der Waals surface area contributed by atoms with Gasteiger partial charge < -0.3 is 19.9 Å². The largest absolute Gasteiger partial charge is 0.461 e. The molecule has 1 aliphatic carbocycles. The molecule has 2 aromatic carbocycles. The third-order valence-electron chi connectivity index (χ3n) is 8.93. The van der Waals surface area contributed by atoms with Crippen LogP contribution >= 0.6 is 0 Å². The van der Waals surface area contributed by atoms with E-state index in [4.69, 9.17) is 19.9 Å². The van der Waals surface area contributed by atoms with Gasteiger partial charge in [-0.3, -0.25) is 9.36 Å². The first-order chi connectivity index (χ1) is 21.6. The number of hydrogen-bond donors (Lipinski definition) is 1. The second-order valence-electron chi connectivity index (χ2n) is 12.3. The van der Waals surface area contributed by atoms with Gasteiger partial charge in [0, 0.05) is 30.7 Å². The van der Waals surface area contributed by atoms with Gasteiger partial charge in [-0.2, -0.15) is 4.98 Å². The molecular weight excluding hydrogens is 566 g/mol. The molecule has 0 amide bonds. The predicted molar refractivity (Wildman–Crippen MR) is 178 cm³/mol. The highest BCUT2D eigenvalue weighted by atomic mass is 16.6. The number of ether oxygens (including phenoxy) is 3. The molecule has 0 aliphatic heterocycles. The van der Waals surface area contributed by atoms with Gasteiger partial charge in [0.2, 0.25) is 0 Å². The minimum Gasteiger partial charge on any atom is -0.461 e. The van der Waals surface area contributed by atoms with Gasteiger partial charge in [-0.25, -0.2) is 4.79 Å². The SMILES string of the molecule is C/C=C(\C=C/COC)C(OC[C@@H](C)[C@@H](OC(=O)C(C)C)C1([C@@H](C)n2ccc(N)nc2=O)CC1)(c1ccccc1)c1ccccc1. The summed E-state index contributed by atoms with van der Waals surface area (Å²) in [5.41, 5.74) is 6.85. The van der Waals surface area contributed by atoms with Crippen LogP contribution in [0.15, 0.2) is 102 Å². The highest BCUT2D eigenvalue weighted by Crippen LogP contribution is 2.59. The standard InChI is InChI=1S/C37H47N3O5/c1-7-29(19-14-24-43-6)37(30-15-10-8-11-16-30,31-17-12-9-13-18-31)44-25-27(4)33(45-34(41)26(2)3)36(21-22-36)28(5)40-23-20-32(38)39-35(40)42/h7-20,23,26-28,33H,21-22,24-25H2,1-6H3,(H2,38,39,42)/b19-14-,29-7+/t27-,28-,33-/m1/s1. The molecule has 0 radical (unpaired) electrons. The van der Waals surface area contributed by atoms with E-state index in [-0.39, 0.29) is 36.3 Å². The number of anilines is 1. The van der Waals surface area contributed by atoms with E-state index >= 15 is 0 Å². The van der Waals surface area contributed by atoms with Gasteiger partial charge in [0.25, 0.3) is 0 Å². The van der Waals surface area contributed by atoms with Crippen molar-refractivity contribution in [2.75, 3.05) is 26.1 Å². The number of methoxy groups -OCH3 is 1. The maximum Gasteiger partial charge on any atom is 0.349 e. The van der Waals surface area contributed by atoms with Crippen molar-refractivity contribution in [2.24, 2.45) is 17.3 Å². The lowest BCUT2D eigenvalue weighted by atomic mass is 9.78. The summed E-state index contributed by atoms with van der Waals surface area (Å²) in [6, 6.07) is 21.7. The van der Waals surface area contributed by atoms with Crippen LogP contribution in [-0.2, 0) is 24.6 Å². The fraction of sp³-hybridized carbons (Fsp3) is 0.432. The quantitative estimate of drug-likeness (QED) is 0.155. The van der Waals surface area contributed by atoms with E-state index in [9.17, 15) is 9.59 Å². The number of nitrogens with zero attached hydrogens (tertiary/aromatic N) is 2. The average molecular weight is 614 g/mol. The second-order valence-corrected chi connectivity index (χ2v) is 12.3. The number of nitrogens with two attached hydrogens (primary N) is 1. The first-order valence-electron chi connectivity index (χ1n) is 15.7. The minimum absolute atomic E-state index is 0.176. The summed E-state index contributed by atoms with van der Waals surface area (Å²) in [7, 11) is 1.67. The molecule has 1 heterocycles. The predicted octanol–water partition coefficient (Wildman–Crippen LogP) is 6.48. The molecule has 1 saturated carbocycles. The molecule has 0 unspecified atom stereocenters. The molecule has 4 rings (SSSR count). The maximum absolute atomic E-state index is 13.2. The smallest absolute Gasteiger partial charge is 0.349 e. The molecule has 0 spiro atoms. The number of esters is 1. The summed E-state index contributed by atoms with van der Waals surface area (Å²) >= 11 is 0. The first kappa shape index (κ1) is 33.9. The van der Waals surface area contributed by atoms with Crippen LogP contribution in [0, 0.1) is 17.3 Å². The highest BCUT2D eigenvalue weighted by molar-refractivity contribution is 5.71. The van der Waals surface area contributed by atoms with Crippen molar-refractivity contribution < 1.29 is 19.0 Å². The molecule has 45 heavy (non-hydrogen) atoms. The normalized spacial score (nSPS) is 16.8. The molecule has 3 aromatic rings. The van der Waals surface area contributed by atoms with E-state index in [1.54, 1.807) is 23.9 Å². The first-order valence-corrected chi connectivity index (χ1v) is 15.7. The molecule has 1 aromatic heterocycles. The number of nitrogen functional groups attached to an aromatic ring is 1. The molecule has 240 valence electrons. The Labute approximate surface area is 266 Å². The Balaban J connectivity index is 1.78. The summed E-state index contributed by atoms with van der Waals surface area (Å²) in [6.07, 6.45) is 8.87. The van der Waals surface area contributed by atoms with Gasteiger partial charge in [0.05, 0.1) is 19.1 Å². The molecule has 8 heteroatoms. The zero-order valence-electron chi connectivity index (χ0n) is 27.3. The minimum atomic E-state index is -0.956. The maximum atomic E-state index is 13.2. The third kappa shape index (κ3) is 7.29. The molecular formula is C37H47N3O5. The van der Waals surface area contributed by atoms with Gasteiger partial charge in [-0.1, -0.05) is 99.7 Å². The molecule has 8 nitrogen and oxygen atoms in total. The van der Waals surface area contributed by atoms with Crippen molar-refractivity contribution in [3.8, 4) is 0 Å². The van der Waals surface area contributed by atoms with E-state index in [2.05, 4.69) is 48.3 Å². The molecule has 3 atom stereocenters. The van der Waals surface area contributed by atoms with E-state index < -0.39 is 22.8 Å². The van der Waals surface area contributed by atoms with Crippen LogP contribution in [-0.4, -0.2) is 41.9 Å². The van der Waals surface area contributed by atoms with Crippen molar-refractivity contribution in [1.29, 1.82) is 0 Å². The Hall–Kier alpha value is -4.01. The summed E-state index contributed by atoms with van der Waals surface area (Å²) in [5, 5.41) is 0. The van der Waals surface area contributed by atoms with Gasteiger partial charge in [0.15, 0.2) is 0 Å². The number of allylic oxidation sites excluding steroid dienone is 1. The van der Waals surface area contributed by atoms with E-state index in [0.29, 0.717) is 6.61 Å². The van der Waals surface area contributed by atoms with E-state index in [1.165, 1.54) is 0 Å². The summed E-state index contributed by atoms with van der Waals surface area (Å²) < 4.78 is 20.4. The molecule has 0 saturated heterocycles. The number of hydrogen-bond acceptors (Lipinski definition) is 7. The van der Waals surface area contributed by atoms with Crippen molar-refractivity contribution in [1.82, 2.24) is 9.55 Å². The molecule has 1 aliphatic rings. The van der Waals surface area contributed by atoms with Crippen LogP contribution in [0.2, 0.25) is 0 Å². The average Bonchev–Trinajstić information content (AvgIpc) is 3.85. The topological polar surface area (TPSA) is 106 Å². The second kappa shape index (κ2) is 14.8. The fourth-order valence-corrected chi connectivity index (χ4v) is 6.27. The van der Waals surface area contributed by atoms with Crippen LogP contribution in [0.5, 0.6) is 0 Å². The van der Waals surface area contributed by atoms with E-state index in [1.807, 2.05) is 70.2 Å². The number of benzene rings is 2. The monoisotopic (exact) mass is 613 g/mol. The van der Waals surface area contributed by atoms with Crippen LogP contribution in [0.1, 0.15) is 64.6 Å². The van der Waals surface area contributed by atoms with E-state index in [0.717, 1.165) is 29.5 Å². The van der Waals surface area contributed by atoms with Crippen molar-refractivity contribution in [3.05, 3.63) is 118 Å². The number of carbonyl (C=O) groups is 1. The Morgan fingerprint density at radius 2 is 1.62 bits per heavy atom. The highest BCUT2D eigenvalue weighted by Gasteiger charge is 2.58. The van der Waals surface area contributed by atoms with Gasteiger partial charge in [0.1, 0.15) is 17.5 Å². The van der Waals surface area contributed by atoms with Crippen molar-refractivity contribution in [2.45, 2.75) is 65.2 Å². The molecule has 2 N–H and O–H groups in total. The van der Waals surface area contributed by atoms with Gasteiger partial charge in [-0.05, 0) is 49.5 Å². The number of rotatable bonds is 15. The van der Waals surface area contributed by atoms with Gasteiger partial charge in [-0.15, -0.1) is 0 Å². The zero-order valence-corrected chi connectivity index (χ0v) is 27.3. The van der Waals surface area contributed by atoms with Crippen molar-refractivity contribution >= 4 is 11.8 Å². The van der Waals surface area contributed by atoms with Crippen LogP contribution in [0.3, 0.4) is 0 Å². The Morgan fingerprint density at radius 1 is 1.02 bits per heavy atom. The lowest BCUT2D eigenvalue weighted by Gasteiger charge is -2.40. The molecule has 0 bridgehead atoms. The van der Waals surface area contributed by atoms with Crippen molar-refractivity contribution in [3.63, 3.8) is 0 Å². The fourth-order valence-electron chi connectivity index (χ4n) is 6.27. The van der Waals surface area contributed by atoms with Crippen LogP contribution < -0.4 is 11.4 Å². The Morgan fingerprint density at radius 3 is 2.11 bits per heavy atom. The summed E-state index contributed by atoms with van der Waals surface area (Å²) in [5.74, 6) is -0.624. The summed E-state index contributed by atoms with van der Waals surface area (Å²) in [6.45, 7) is 10.5. The lowest BCUT2D eigenvalue weighted by molar-refractivity contribution is -0.165.